The molecule has 0 aliphatic carbocycles. The normalized spacial score (nSPS) is 12.3. The third-order valence-corrected chi connectivity index (χ3v) is 4.08. The summed E-state index contributed by atoms with van der Waals surface area (Å²) in [5.41, 5.74) is 0.540. The van der Waals surface area contributed by atoms with Crippen LogP contribution < -0.4 is 5.32 Å². The third-order valence-electron chi connectivity index (χ3n) is 4.08. The number of carbonyl (C=O) groups excluding carboxylic acids is 2. The summed E-state index contributed by atoms with van der Waals surface area (Å²) in [5, 5.41) is 2.70. The van der Waals surface area contributed by atoms with Gasteiger partial charge in [-0.2, -0.15) is 13.2 Å². The van der Waals surface area contributed by atoms with Crippen LogP contribution >= 0.6 is 0 Å². The molecule has 0 bridgehead atoms. The molecule has 144 valence electrons. The molecule has 2 aromatic carbocycles. The summed E-state index contributed by atoms with van der Waals surface area (Å²) in [6.45, 7) is 0.217. The van der Waals surface area contributed by atoms with Crippen molar-refractivity contribution in [2.24, 2.45) is 0 Å². The molecule has 0 aromatic heterocycles. The molecule has 2 rings (SSSR count). The molecule has 1 N–H and O–H groups in total. The Kier molecular flexibility index (Phi) is 6.60. The van der Waals surface area contributed by atoms with E-state index < -0.39 is 23.6 Å². The highest BCUT2D eigenvalue weighted by Gasteiger charge is 2.30. The second-order valence-corrected chi connectivity index (χ2v) is 6.31. The number of rotatable bonds is 6. The third kappa shape index (κ3) is 5.57. The van der Waals surface area contributed by atoms with Crippen molar-refractivity contribution in [2.75, 3.05) is 20.6 Å². The maximum atomic E-state index is 12.6. The fraction of sp³-hybridized carbons (Fsp3) is 0.300. The number of amides is 2. The Morgan fingerprint density at radius 3 is 2.11 bits per heavy atom. The number of nitrogens with zero attached hydrogens (tertiary/aromatic N) is 1. The van der Waals surface area contributed by atoms with Crippen molar-refractivity contribution < 1.29 is 22.8 Å². The minimum Gasteiger partial charge on any atom is -0.355 e. The van der Waals surface area contributed by atoms with Crippen LogP contribution in [0.1, 0.15) is 22.6 Å². The quantitative estimate of drug-likeness (QED) is 0.785. The van der Waals surface area contributed by atoms with Crippen LogP contribution in [0.2, 0.25) is 0 Å². The van der Waals surface area contributed by atoms with E-state index in [1.807, 2.05) is 0 Å². The van der Waals surface area contributed by atoms with Crippen LogP contribution in [0.4, 0.5) is 13.2 Å². The van der Waals surface area contributed by atoms with Gasteiger partial charge in [0.1, 0.15) is 5.92 Å². The van der Waals surface area contributed by atoms with E-state index in [0.717, 1.165) is 12.1 Å². The monoisotopic (exact) mass is 378 g/mol. The van der Waals surface area contributed by atoms with Crippen molar-refractivity contribution in [1.82, 2.24) is 10.2 Å². The molecule has 0 saturated carbocycles. The Balaban J connectivity index is 2.00. The summed E-state index contributed by atoms with van der Waals surface area (Å²) in [6.07, 6.45) is -4.01. The maximum absolute atomic E-state index is 12.6. The largest absolute Gasteiger partial charge is 0.416 e. The standard InChI is InChI=1S/C20H21F3N2O2/c1-25(2)19(27)17(15-6-4-3-5-7-15)18(26)24-13-12-14-8-10-16(11-9-14)20(21,22)23/h3-11,17H,12-13H2,1-2H3,(H,24,26). The molecule has 7 heteroatoms. The van der Waals surface area contributed by atoms with Crippen molar-refractivity contribution >= 4 is 11.8 Å². The van der Waals surface area contributed by atoms with E-state index in [0.29, 0.717) is 17.5 Å². The second kappa shape index (κ2) is 8.70. The number of alkyl halides is 3. The molecule has 0 fully saturated rings. The van der Waals surface area contributed by atoms with Crippen molar-refractivity contribution in [1.29, 1.82) is 0 Å². The van der Waals surface area contributed by atoms with Crippen LogP contribution in [0, 0.1) is 0 Å². The zero-order valence-corrected chi connectivity index (χ0v) is 15.1. The Labute approximate surface area is 156 Å². The molecule has 1 unspecified atom stereocenters. The summed E-state index contributed by atoms with van der Waals surface area (Å²) in [6, 6.07) is 13.5. The predicted molar refractivity (Wildman–Crippen MR) is 96.0 cm³/mol. The summed E-state index contributed by atoms with van der Waals surface area (Å²) < 4.78 is 37.7. The van der Waals surface area contributed by atoms with Crippen LogP contribution in [-0.4, -0.2) is 37.4 Å². The lowest BCUT2D eigenvalue weighted by atomic mass is 9.96. The Bertz CT molecular complexity index is 772. The van der Waals surface area contributed by atoms with Gasteiger partial charge >= 0.3 is 6.18 Å². The molecule has 1 atom stereocenters. The summed E-state index contributed by atoms with van der Waals surface area (Å²) in [5.74, 6) is -1.74. The van der Waals surface area contributed by atoms with Crippen LogP contribution in [0.3, 0.4) is 0 Å². The second-order valence-electron chi connectivity index (χ2n) is 6.31. The molecule has 0 aliphatic heterocycles. The van der Waals surface area contributed by atoms with Gasteiger partial charge in [-0.25, -0.2) is 0 Å². The Morgan fingerprint density at radius 1 is 1.00 bits per heavy atom. The predicted octanol–water partition coefficient (Wildman–Crippen LogP) is 3.24. The van der Waals surface area contributed by atoms with Gasteiger partial charge in [0.25, 0.3) is 0 Å². The smallest absolute Gasteiger partial charge is 0.355 e. The summed E-state index contributed by atoms with van der Waals surface area (Å²) in [7, 11) is 3.15. The van der Waals surface area contributed by atoms with E-state index in [2.05, 4.69) is 5.32 Å². The van der Waals surface area contributed by atoms with E-state index in [4.69, 9.17) is 0 Å². The first kappa shape index (κ1) is 20.5. The van der Waals surface area contributed by atoms with Gasteiger partial charge in [-0.1, -0.05) is 42.5 Å². The van der Waals surface area contributed by atoms with E-state index in [1.54, 1.807) is 44.4 Å². The van der Waals surface area contributed by atoms with E-state index in [9.17, 15) is 22.8 Å². The highest BCUT2D eigenvalue weighted by molar-refractivity contribution is 6.05. The molecule has 0 aliphatic rings. The Hall–Kier alpha value is -2.83. The van der Waals surface area contributed by atoms with Crippen LogP contribution in [0.15, 0.2) is 54.6 Å². The number of hydrogen-bond acceptors (Lipinski definition) is 2. The van der Waals surface area contributed by atoms with Crippen LogP contribution in [-0.2, 0) is 22.2 Å². The molecular weight excluding hydrogens is 357 g/mol. The molecular formula is C20H21F3N2O2. The zero-order valence-electron chi connectivity index (χ0n) is 15.1. The van der Waals surface area contributed by atoms with E-state index in [1.165, 1.54) is 17.0 Å². The first-order chi connectivity index (χ1) is 12.7. The van der Waals surface area contributed by atoms with Crippen molar-refractivity contribution in [3.8, 4) is 0 Å². The topological polar surface area (TPSA) is 49.4 Å². The maximum Gasteiger partial charge on any atom is 0.416 e. The molecule has 27 heavy (non-hydrogen) atoms. The summed E-state index contributed by atoms with van der Waals surface area (Å²) in [4.78, 5) is 26.3. The van der Waals surface area contributed by atoms with Gasteiger partial charge in [-0.05, 0) is 29.7 Å². The van der Waals surface area contributed by atoms with E-state index in [-0.39, 0.29) is 12.5 Å². The average molecular weight is 378 g/mol. The number of halogens is 3. The molecule has 0 saturated heterocycles. The van der Waals surface area contributed by atoms with Crippen molar-refractivity contribution in [3.05, 3.63) is 71.3 Å². The summed E-state index contributed by atoms with van der Waals surface area (Å²) >= 11 is 0. The lowest BCUT2D eigenvalue weighted by Crippen LogP contribution is -2.39. The molecule has 0 radical (unpaired) electrons. The number of benzene rings is 2. The number of nitrogens with one attached hydrogen (secondary N) is 1. The van der Waals surface area contributed by atoms with Gasteiger partial charge in [-0.3, -0.25) is 9.59 Å². The minimum absolute atomic E-state index is 0.217. The van der Waals surface area contributed by atoms with Gasteiger partial charge in [0.05, 0.1) is 5.56 Å². The molecule has 2 aromatic rings. The lowest BCUT2D eigenvalue weighted by molar-refractivity contribution is -0.138. The van der Waals surface area contributed by atoms with Gasteiger partial charge in [0.2, 0.25) is 11.8 Å². The highest BCUT2D eigenvalue weighted by Crippen LogP contribution is 2.29. The average Bonchev–Trinajstić information content (AvgIpc) is 2.62. The van der Waals surface area contributed by atoms with E-state index >= 15 is 0 Å². The molecule has 4 nitrogen and oxygen atoms in total. The van der Waals surface area contributed by atoms with Crippen LogP contribution in [0.5, 0.6) is 0 Å². The lowest BCUT2D eigenvalue weighted by Gasteiger charge is -2.20. The van der Waals surface area contributed by atoms with Gasteiger partial charge in [-0.15, -0.1) is 0 Å². The van der Waals surface area contributed by atoms with Crippen molar-refractivity contribution in [3.63, 3.8) is 0 Å². The fourth-order valence-corrected chi connectivity index (χ4v) is 2.60. The van der Waals surface area contributed by atoms with Gasteiger partial charge < -0.3 is 10.2 Å². The minimum atomic E-state index is -4.37. The Morgan fingerprint density at radius 2 is 1.59 bits per heavy atom. The van der Waals surface area contributed by atoms with Gasteiger partial charge in [0, 0.05) is 20.6 Å². The number of carbonyl (C=O) groups is 2. The zero-order chi connectivity index (χ0) is 20.0. The number of hydrogen-bond donors (Lipinski definition) is 1. The fourth-order valence-electron chi connectivity index (χ4n) is 2.60. The first-order valence-corrected chi connectivity index (χ1v) is 8.40. The van der Waals surface area contributed by atoms with Gasteiger partial charge in [0.15, 0.2) is 0 Å². The highest BCUT2D eigenvalue weighted by atomic mass is 19.4. The first-order valence-electron chi connectivity index (χ1n) is 8.40. The molecule has 2 amide bonds. The van der Waals surface area contributed by atoms with Crippen molar-refractivity contribution in [2.45, 2.75) is 18.5 Å². The molecule has 0 heterocycles. The number of likely N-dealkylation sites (N-methyl/N-ethyl adjacent to an activating group) is 1. The molecule has 0 spiro atoms. The van der Waals surface area contributed by atoms with Crippen LogP contribution in [0.25, 0.3) is 0 Å². The SMILES string of the molecule is CN(C)C(=O)C(C(=O)NCCc1ccc(C(F)(F)F)cc1)c1ccccc1.